The first-order valence-electron chi connectivity index (χ1n) is 4.31. The Morgan fingerprint density at radius 2 is 1.38 bits per heavy atom. The molecule has 0 atom stereocenters. The Morgan fingerprint density at radius 1 is 0.923 bits per heavy atom. The number of rotatable bonds is 2. The van der Waals surface area contributed by atoms with Crippen molar-refractivity contribution < 1.29 is 19.8 Å². The van der Waals surface area contributed by atoms with E-state index in [0.717, 1.165) is 19.3 Å². The molecule has 0 aromatic heterocycles. The van der Waals surface area contributed by atoms with Crippen molar-refractivity contribution in [3.63, 3.8) is 0 Å². The van der Waals surface area contributed by atoms with Gasteiger partial charge in [-0.15, -0.1) is 0 Å². The van der Waals surface area contributed by atoms with Gasteiger partial charge in [-0.2, -0.15) is 0 Å². The molecule has 13 heavy (non-hydrogen) atoms. The van der Waals surface area contributed by atoms with Crippen LogP contribution in [0.15, 0.2) is 11.1 Å². The molecule has 1 fully saturated rings. The van der Waals surface area contributed by atoms with Gasteiger partial charge in [-0.3, -0.25) is 0 Å². The summed E-state index contributed by atoms with van der Waals surface area (Å²) in [6.45, 7) is 0. The van der Waals surface area contributed by atoms with Gasteiger partial charge in [0.2, 0.25) is 0 Å². The number of allylic oxidation sites excluding steroid dienone is 1. The summed E-state index contributed by atoms with van der Waals surface area (Å²) in [7, 11) is 0. The molecule has 0 unspecified atom stereocenters. The minimum atomic E-state index is -1.32. The first-order valence-corrected chi connectivity index (χ1v) is 4.31. The van der Waals surface area contributed by atoms with Gasteiger partial charge in [-0.25, -0.2) is 9.59 Å². The number of aliphatic carboxylic acids is 2. The lowest BCUT2D eigenvalue weighted by atomic mass is 9.91. The molecule has 4 heteroatoms. The highest BCUT2D eigenvalue weighted by molar-refractivity contribution is 6.13. The highest BCUT2D eigenvalue weighted by atomic mass is 16.4. The van der Waals surface area contributed by atoms with E-state index in [4.69, 9.17) is 10.2 Å². The van der Waals surface area contributed by atoms with Crippen LogP contribution in [0.1, 0.15) is 32.1 Å². The smallest absolute Gasteiger partial charge is 0.343 e. The minimum absolute atomic E-state index is 0.417. The molecule has 4 nitrogen and oxygen atoms in total. The zero-order valence-corrected chi connectivity index (χ0v) is 7.25. The Bertz CT molecular complexity index is 241. The number of hydrogen-bond donors (Lipinski definition) is 2. The molecule has 72 valence electrons. The van der Waals surface area contributed by atoms with Gasteiger partial charge in [-0.1, -0.05) is 6.42 Å². The quantitative estimate of drug-likeness (QED) is 0.386. The monoisotopic (exact) mass is 184 g/mol. The van der Waals surface area contributed by atoms with Crippen molar-refractivity contribution >= 4 is 11.9 Å². The second kappa shape index (κ2) is 4.07. The second-order valence-corrected chi connectivity index (χ2v) is 3.15. The molecule has 0 aliphatic heterocycles. The molecule has 0 saturated heterocycles. The van der Waals surface area contributed by atoms with Gasteiger partial charge in [-0.05, 0) is 31.3 Å². The van der Waals surface area contributed by atoms with Crippen LogP contribution in [0.4, 0.5) is 0 Å². The van der Waals surface area contributed by atoms with Gasteiger partial charge < -0.3 is 10.2 Å². The van der Waals surface area contributed by atoms with Crippen molar-refractivity contribution in [2.75, 3.05) is 0 Å². The Hall–Kier alpha value is -1.32. The summed E-state index contributed by atoms with van der Waals surface area (Å²) < 4.78 is 0. The van der Waals surface area contributed by atoms with E-state index in [0.29, 0.717) is 18.4 Å². The summed E-state index contributed by atoms with van der Waals surface area (Å²) in [6, 6.07) is 0. The van der Waals surface area contributed by atoms with Crippen LogP contribution in [0.3, 0.4) is 0 Å². The van der Waals surface area contributed by atoms with E-state index in [1.807, 2.05) is 0 Å². The topological polar surface area (TPSA) is 74.6 Å². The molecule has 0 amide bonds. The fourth-order valence-electron chi connectivity index (χ4n) is 1.62. The summed E-state index contributed by atoms with van der Waals surface area (Å²) in [5.41, 5.74) is 0.172. The zero-order chi connectivity index (χ0) is 9.84. The van der Waals surface area contributed by atoms with Crippen molar-refractivity contribution in [2.24, 2.45) is 0 Å². The standard InChI is InChI=1S/C9H12O4/c10-8(11)7(9(12)13)6-4-2-1-3-5-6/h1-5H2,(H,10,11)(H,12,13). The van der Waals surface area contributed by atoms with Crippen molar-refractivity contribution in [1.29, 1.82) is 0 Å². The SMILES string of the molecule is O=C(O)C(C(=O)O)=C1CCCCC1. The average Bonchev–Trinajstić information content (AvgIpc) is 2.04. The van der Waals surface area contributed by atoms with Crippen molar-refractivity contribution in [1.82, 2.24) is 0 Å². The molecular weight excluding hydrogens is 172 g/mol. The summed E-state index contributed by atoms with van der Waals surface area (Å²) in [5.74, 6) is -2.63. The van der Waals surface area contributed by atoms with E-state index in [2.05, 4.69) is 0 Å². The third kappa shape index (κ3) is 2.31. The normalized spacial score (nSPS) is 16.8. The van der Waals surface area contributed by atoms with E-state index < -0.39 is 17.5 Å². The lowest BCUT2D eigenvalue weighted by molar-refractivity contribution is -0.140. The van der Waals surface area contributed by atoms with Crippen LogP contribution in [0.2, 0.25) is 0 Å². The van der Waals surface area contributed by atoms with Gasteiger partial charge in [0, 0.05) is 0 Å². The van der Waals surface area contributed by atoms with Crippen LogP contribution in [-0.4, -0.2) is 22.2 Å². The second-order valence-electron chi connectivity index (χ2n) is 3.15. The molecular formula is C9H12O4. The first kappa shape index (κ1) is 9.77. The van der Waals surface area contributed by atoms with Crippen LogP contribution in [0, 0.1) is 0 Å². The van der Waals surface area contributed by atoms with E-state index in [9.17, 15) is 9.59 Å². The molecule has 0 radical (unpaired) electrons. The van der Waals surface area contributed by atoms with Crippen LogP contribution in [-0.2, 0) is 9.59 Å². The Labute approximate surface area is 75.9 Å². The van der Waals surface area contributed by atoms with Crippen molar-refractivity contribution in [3.8, 4) is 0 Å². The average molecular weight is 184 g/mol. The van der Waals surface area contributed by atoms with Gasteiger partial charge in [0.15, 0.2) is 0 Å². The molecule has 1 rings (SSSR count). The molecule has 0 spiro atoms. The van der Waals surface area contributed by atoms with Crippen LogP contribution in [0.25, 0.3) is 0 Å². The molecule has 0 heterocycles. The molecule has 2 N–H and O–H groups in total. The predicted octanol–water partition coefficient (Wildman–Crippen LogP) is 1.42. The highest BCUT2D eigenvalue weighted by Gasteiger charge is 2.22. The fraction of sp³-hybridized carbons (Fsp3) is 0.556. The summed E-state index contributed by atoms with van der Waals surface area (Å²) >= 11 is 0. The van der Waals surface area contributed by atoms with Crippen LogP contribution >= 0.6 is 0 Å². The van der Waals surface area contributed by atoms with Crippen molar-refractivity contribution in [2.45, 2.75) is 32.1 Å². The summed E-state index contributed by atoms with van der Waals surface area (Å²) in [4.78, 5) is 21.2. The first-order chi connectivity index (χ1) is 6.13. The number of carboxylic acids is 2. The Balaban J connectivity index is 2.93. The summed E-state index contributed by atoms with van der Waals surface area (Å²) in [5, 5.41) is 17.3. The van der Waals surface area contributed by atoms with Gasteiger partial charge in [0.05, 0.1) is 0 Å². The van der Waals surface area contributed by atoms with Crippen molar-refractivity contribution in [3.05, 3.63) is 11.1 Å². The zero-order valence-electron chi connectivity index (χ0n) is 7.25. The number of hydrogen-bond acceptors (Lipinski definition) is 2. The molecule has 1 aliphatic rings. The van der Waals surface area contributed by atoms with E-state index in [1.165, 1.54) is 0 Å². The largest absolute Gasteiger partial charge is 0.477 e. The maximum Gasteiger partial charge on any atom is 0.343 e. The molecule has 0 aromatic carbocycles. The number of carboxylic acid groups (broad SMARTS) is 2. The van der Waals surface area contributed by atoms with Gasteiger partial charge >= 0.3 is 11.9 Å². The van der Waals surface area contributed by atoms with Crippen LogP contribution in [0.5, 0.6) is 0 Å². The van der Waals surface area contributed by atoms with E-state index in [1.54, 1.807) is 0 Å². The highest BCUT2D eigenvalue weighted by Crippen LogP contribution is 2.25. The minimum Gasteiger partial charge on any atom is -0.477 e. The molecule has 1 aliphatic carbocycles. The molecule has 1 saturated carbocycles. The molecule has 0 bridgehead atoms. The fourth-order valence-corrected chi connectivity index (χ4v) is 1.62. The maximum atomic E-state index is 10.6. The lowest BCUT2D eigenvalue weighted by Crippen LogP contribution is -2.15. The Kier molecular flexibility index (Phi) is 3.06. The lowest BCUT2D eigenvalue weighted by Gasteiger charge is -2.14. The Morgan fingerprint density at radius 3 is 1.77 bits per heavy atom. The van der Waals surface area contributed by atoms with Crippen LogP contribution < -0.4 is 0 Å². The molecule has 0 aromatic rings. The maximum absolute atomic E-state index is 10.6. The van der Waals surface area contributed by atoms with Gasteiger partial charge in [0.1, 0.15) is 5.57 Å². The third-order valence-corrected chi connectivity index (χ3v) is 2.24. The van der Waals surface area contributed by atoms with Gasteiger partial charge in [0.25, 0.3) is 0 Å². The summed E-state index contributed by atoms with van der Waals surface area (Å²) in [6.07, 6.45) is 4.11. The third-order valence-electron chi connectivity index (χ3n) is 2.24. The predicted molar refractivity (Wildman–Crippen MR) is 45.4 cm³/mol. The van der Waals surface area contributed by atoms with E-state index in [-0.39, 0.29) is 0 Å². The number of carbonyl (C=O) groups is 2. The van der Waals surface area contributed by atoms with E-state index >= 15 is 0 Å².